The summed E-state index contributed by atoms with van der Waals surface area (Å²) in [6, 6.07) is 0. The lowest BCUT2D eigenvalue weighted by Gasteiger charge is -2.21. The van der Waals surface area contributed by atoms with Crippen molar-refractivity contribution in [1.29, 1.82) is 0 Å². The molecule has 1 heterocycles. The van der Waals surface area contributed by atoms with Gasteiger partial charge in [-0.05, 0) is 5.41 Å². The Morgan fingerprint density at radius 3 is 2.71 bits per heavy atom. The highest BCUT2D eigenvalue weighted by atomic mass is 16.4. The molecule has 17 heavy (non-hydrogen) atoms. The lowest BCUT2D eigenvalue weighted by molar-refractivity contribution is -0.139. The third-order valence-electron chi connectivity index (χ3n) is 2.30. The molecule has 1 amide bonds. The fraction of sp³-hybridized carbons (Fsp3) is 0.545. The first kappa shape index (κ1) is 13.2. The van der Waals surface area contributed by atoms with Crippen molar-refractivity contribution in [2.75, 3.05) is 0 Å². The number of nitrogens with one attached hydrogen (secondary N) is 2. The molecular weight excluding hydrogens is 222 g/mol. The van der Waals surface area contributed by atoms with Gasteiger partial charge in [0.15, 0.2) is 0 Å². The fourth-order valence-corrected chi connectivity index (χ4v) is 1.54. The molecule has 94 valence electrons. The van der Waals surface area contributed by atoms with Gasteiger partial charge in [-0.1, -0.05) is 13.8 Å². The van der Waals surface area contributed by atoms with E-state index in [-0.39, 0.29) is 18.7 Å². The van der Waals surface area contributed by atoms with Crippen molar-refractivity contribution in [1.82, 2.24) is 15.3 Å². The molecule has 1 aromatic heterocycles. The number of carbonyl (C=O) groups excluding carboxylic acids is 1. The van der Waals surface area contributed by atoms with E-state index in [1.54, 1.807) is 20.0 Å². The Hall–Kier alpha value is -1.85. The molecule has 0 spiro atoms. The maximum absolute atomic E-state index is 11.6. The molecule has 6 nitrogen and oxygen atoms in total. The van der Waals surface area contributed by atoms with Crippen LogP contribution < -0.4 is 5.32 Å². The molecule has 1 aromatic rings. The highest BCUT2D eigenvalue weighted by Gasteiger charge is 2.24. The van der Waals surface area contributed by atoms with Gasteiger partial charge in [0, 0.05) is 12.6 Å². The van der Waals surface area contributed by atoms with Crippen LogP contribution in [0.3, 0.4) is 0 Å². The molecule has 0 saturated carbocycles. The second-order valence-corrected chi connectivity index (χ2v) is 4.77. The Morgan fingerprint density at radius 1 is 1.47 bits per heavy atom. The lowest BCUT2D eigenvalue weighted by Crippen LogP contribution is -2.29. The number of aromatic nitrogens is 2. The van der Waals surface area contributed by atoms with E-state index in [0.717, 1.165) is 5.69 Å². The molecule has 1 rings (SSSR count). The number of hydrogen-bond acceptors (Lipinski definition) is 3. The number of imidazole rings is 1. The van der Waals surface area contributed by atoms with E-state index in [9.17, 15) is 9.59 Å². The summed E-state index contributed by atoms with van der Waals surface area (Å²) in [5.41, 5.74) is 0.276. The summed E-state index contributed by atoms with van der Waals surface area (Å²) in [7, 11) is 0. The molecule has 3 N–H and O–H groups in total. The molecule has 0 aliphatic carbocycles. The van der Waals surface area contributed by atoms with Crippen LogP contribution >= 0.6 is 0 Å². The first-order valence-electron chi connectivity index (χ1n) is 5.35. The van der Waals surface area contributed by atoms with Gasteiger partial charge in [0.2, 0.25) is 5.91 Å². The topological polar surface area (TPSA) is 95.1 Å². The predicted octanol–water partition coefficient (Wildman–Crippen LogP) is 0.917. The van der Waals surface area contributed by atoms with Crippen molar-refractivity contribution in [2.24, 2.45) is 5.41 Å². The van der Waals surface area contributed by atoms with Crippen LogP contribution in [-0.2, 0) is 16.1 Å². The first-order chi connectivity index (χ1) is 7.89. The molecule has 0 aliphatic heterocycles. The second-order valence-electron chi connectivity index (χ2n) is 4.77. The third-order valence-corrected chi connectivity index (χ3v) is 2.30. The minimum absolute atomic E-state index is 0.0233. The molecule has 0 saturated heterocycles. The summed E-state index contributed by atoms with van der Waals surface area (Å²) >= 11 is 0. The van der Waals surface area contributed by atoms with Crippen LogP contribution in [0.15, 0.2) is 12.5 Å². The summed E-state index contributed by atoms with van der Waals surface area (Å²) in [4.78, 5) is 28.9. The number of aliphatic carboxylic acids is 1. The third kappa shape index (κ3) is 5.14. The van der Waals surface area contributed by atoms with Crippen LogP contribution in [0.25, 0.3) is 0 Å². The molecule has 0 unspecified atom stereocenters. The Morgan fingerprint density at radius 2 is 2.18 bits per heavy atom. The zero-order chi connectivity index (χ0) is 12.9. The molecule has 0 fully saturated rings. The highest BCUT2D eigenvalue weighted by Crippen LogP contribution is 2.24. The summed E-state index contributed by atoms with van der Waals surface area (Å²) < 4.78 is 0. The number of aromatic amines is 1. The Bertz CT molecular complexity index is 385. The van der Waals surface area contributed by atoms with Gasteiger partial charge in [-0.3, -0.25) is 9.59 Å². The average Bonchev–Trinajstić information content (AvgIpc) is 2.63. The number of nitrogens with zero attached hydrogens (tertiary/aromatic N) is 1. The van der Waals surface area contributed by atoms with Crippen LogP contribution in [0, 0.1) is 5.41 Å². The van der Waals surface area contributed by atoms with E-state index >= 15 is 0 Å². The zero-order valence-electron chi connectivity index (χ0n) is 9.99. The van der Waals surface area contributed by atoms with Gasteiger partial charge in [-0.2, -0.15) is 0 Å². The van der Waals surface area contributed by atoms with Crippen molar-refractivity contribution >= 4 is 11.9 Å². The highest BCUT2D eigenvalue weighted by molar-refractivity contribution is 5.77. The number of rotatable bonds is 6. The summed E-state index contributed by atoms with van der Waals surface area (Å²) in [5.74, 6) is -1.05. The van der Waals surface area contributed by atoms with E-state index in [2.05, 4.69) is 15.3 Å². The molecule has 0 aromatic carbocycles. The monoisotopic (exact) mass is 239 g/mol. The zero-order valence-corrected chi connectivity index (χ0v) is 9.99. The maximum Gasteiger partial charge on any atom is 0.303 e. The van der Waals surface area contributed by atoms with Crippen LogP contribution in [0.5, 0.6) is 0 Å². The van der Waals surface area contributed by atoms with Crippen LogP contribution in [-0.4, -0.2) is 27.0 Å². The van der Waals surface area contributed by atoms with E-state index in [1.807, 2.05) is 0 Å². The van der Waals surface area contributed by atoms with Crippen LogP contribution in [0.4, 0.5) is 0 Å². The normalized spacial score (nSPS) is 11.2. The maximum atomic E-state index is 11.6. The molecular formula is C11H17N3O3. The minimum atomic E-state index is -0.892. The SMILES string of the molecule is CC(C)(CC(=O)O)CC(=O)NCc1cnc[nH]1. The van der Waals surface area contributed by atoms with E-state index < -0.39 is 11.4 Å². The van der Waals surface area contributed by atoms with Crippen molar-refractivity contribution in [2.45, 2.75) is 33.2 Å². The summed E-state index contributed by atoms with van der Waals surface area (Å²) in [6.45, 7) is 3.90. The predicted molar refractivity (Wildman–Crippen MR) is 61.1 cm³/mol. The number of carbonyl (C=O) groups is 2. The van der Waals surface area contributed by atoms with Gasteiger partial charge in [0.25, 0.3) is 0 Å². The van der Waals surface area contributed by atoms with Gasteiger partial charge in [0.1, 0.15) is 0 Å². The Labute approximate surface area is 99.4 Å². The van der Waals surface area contributed by atoms with Gasteiger partial charge in [-0.15, -0.1) is 0 Å². The quantitative estimate of drug-likeness (QED) is 0.687. The van der Waals surface area contributed by atoms with E-state index in [4.69, 9.17) is 5.11 Å². The summed E-state index contributed by atoms with van der Waals surface area (Å²) in [6.07, 6.45) is 3.33. The number of amides is 1. The molecule has 0 bridgehead atoms. The largest absolute Gasteiger partial charge is 0.481 e. The van der Waals surface area contributed by atoms with Crippen LogP contribution in [0.1, 0.15) is 32.4 Å². The van der Waals surface area contributed by atoms with E-state index in [0.29, 0.717) is 6.54 Å². The van der Waals surface area contributed by atoms with Crippen molar-refractivity contribution < 1.29 is 14.7 Å². The number of carboxylic acid groups (broad SMARTS) is 1. The molecule has 0 atom stereocenters. The Balaban J connectivity index is 2.36. The molecule has 0 radical (unpaired) electrons. The van der Waals surface area contributed by atoms with E-state index in [1.165, 1.54) is 6.33 Å². The smallest absolute Gasteiger partial charge is 0.303 e. The van der Waals surface area contributed by atoms with Gasteiger partial charge >= 0.3 is 5.97 Å². The van der Waals surface area contributed by atoms with Crippen molar-refractivity contribution in [3.8, 4) is 0 Å². The lowest BCUT2D eigenvalue weighted by atomic mass is 9.85. The van der Waals surface area contributed by atoms with Crippen LogP contribution in [0.2, 0.25) is 0 Å². The standard InChI is InChI=1S/C11H17N3O3/c1-11(2,4-10(16)17)3-9(15)13-6-8-5-12-7-14-8/h5,7H,3-4,6H2,1-2H3,(H,12,14)(H,13,15)(H,16,17). The van der Waals surface area contributed by atoms with Gasteiger partial charge in [-0.25, -0.2) is 4.98 Å². The Kier molecular flexibility index (Phi) is 4.25. The number of hydrogen-bond donors (Lipinski definition) is 3. The minimum Gasteiger partial charge on any atom is -0.481 e. The number of H-pyrrole nitrogens is 1. The fourth-order valence-electron chi connectivity index (χ4n) is 1.54. The summed E-state index contributed by atoms with van der Waals surface area (Å²) in [5, 5.41) is 11.4. The average molecular weight is 239 g/mol. The first-order valence-corrected chi connectivity index (χ1v) is 5.35. The van der Waals surface area contributed by atoms with Gasteiger partial charge < -0.3 is 15.4 Å². The number of carboxylic acids is 1. The molecule has 6 heteroatoms. The van der Waals surface area contributed by atoms with Gasteiger partial charge in [0.05, 0.1) is 25.0 Å². The molecule has 0 aliphatic rings. The second kappa shape index (κ2) is 5.47. The van der Waals surface area contributed by atoms with Crippen molar-refractivity contribution in [3.63, 3.8) is 0 Å². The van der Waals surface area contributed by atoms with Crippen molar-refractivity contribution in [3.05, 3.63) is 18.2 Å².